The van der Waals surface area contributed by atoms with Crippen LogP contribution in [0.5, 0.6) is 0 Å². The largest absolute Gasteiger partial charge is 0.392 e. The molecule has 0 aromatic heterocycles. The second-order valence-electron chi connectivity index (χ2n) is 8.90. The molecule has 1 saturated heterocycles. The first-order chi connectivity index (χ1) is 16.3. The molecule has 2 N–H and O–H groups in total. The molecule has 0 spiro atoms. The van der Waals surface area contributed by atoms with E-state index >= 15 is 0 Å². The van der Waals surface area contributed by atoms with Gasteiger partial charge in [-0.25, -0.2) is 0 Å². The zero-order valence-electron chi connectivity index (χ0n) is 19.0. The maximum atomic E-state index is 11.3. The maximum Gasteiger partial charge on any atom is 0.101 e. The molecule has 1 aliphatic heterocycles. The van der Waals surface area contributed by atoms with E-state index in [2.05, 4.69) is 15.9 Å². The normalized spacial score (nSPS) is 18.4. The van der Waals surface area contributed by atoms with Crippen LogP contribution in [0.1, 0.15) is 35.2 Å². The highest BCUT2D eigenvalue weighted by Crippen LogP contribution is 2.35. The van der Waals surface area contributed by atoms with Crippen LogP contribution in [0.15, 0.2) is 66.7 Å². The molecule has 34 heavy (non-hydrogen) atoms. The van der Waals surface area contributed by atoms with E-state index in [4.69, 9.17) is 23.2 Å². The Morgan fingerprint density at radius 3 is 2.32 bits per heavy atom. The first-order valence-electron chi connectivity index (χ1n) is 11.2. The summed E-state index contributed by atoms with van der Waals surface area (Å²) in [5, 5.41) is 31.5. The molecular weight excluding hydrogens is 469 g/mol. The molecule has 1 fully saturated rings. The number of hydrogen-bond donors (Lipinski definition) is 2. The van der Waals surface area contributed by atoms with Gasteiger partial charge in [0.05, 0.1) is 29.5 Å². The lowest BCUT2D eigenvalue weighted by atomic mass is 9.93. The number of hydrogen-bond acceptors (Lipinski definition) is 5. The summed E-state index contributed by atoms with van der Waals surface area (Å²) in [7, 11) is 0. The summed E-state index contributed by atoms with van der Waals surface area (Å²) in [5.41, 5.74) is 3.03. The van der Waals surface area contributed by atoms with Crippen molar-refractivity contribution in [3.8, 4) is 6.07 Å². The Morgan fingerprint density at radius 2 is 1.68 bits per heavy atom. The molecule has 0 radical (unpaired) electrons. The van der Waals surface area contributed by atoms with Crippen LogP contribution in [0.25, 0.3) is 0 Å². The third-order valence-corrected chi connectivity index (χ3v) is 6.88. The van der Waals surface area contributed by atoms with Crippen molar-refractivity contribution in [2.45, 2.75) is 25.2 Å². The molecule has 2 atom stereocenters. The van der Waals surface area contributed by atoms with Gasteiger partial charge in [-0.1, -0.05) is 59.6 Å². The molecule has 1 aliphatic rings. The zero-order chi connectivity index (χ0) is 24.3. The van der Waals surface area contributed by atoms with Crippen LogP contribution in [0, 0.1) is 11.3 Å². The first-order valence-corrected chi connectivity index (χ1v) is 11.9. The van der Waals surface area contributed by atoms with Gasteiger partial charge in [0, 0.05) is 36.2 Å². The molecule has 5 nitrogen and oxygen atoms in total. The fourth-order valence-corrected chi connectivity index (χ4v) is 4.88. The van der Waals surface area contributed by atoms with Crippen LogP contribution in [0.2, 0.25) is 10.0 Å². The van der Waals surface area contributed by atoms with Crippen molar-refractivity contribution >= 4 is 28.9 Å². The maximum absolute atomic E-state index is 11.3. The number of piperazine rings is 1. The molecule has 0 unspecified atom stereocenters. The highest BCUT2D eigenvalue weighted by atomic mass is 35.5. The van der Waals surface area contributed by atoms with Crippen molar-refractivity contribution in [2.75, 3.05) is 31.1 Å². The zero-order valence-corrected chi connectivity index (χ0v) is 20.5. The third-order valence-electron chi connectivity index (χ3n) is 6.40. The van der Waals surface area contributed by atoms with Crippen molar-refractivity contribution in [2.24, 2.45) is 0 Å². The standard InChI is InChI=1S/C27H27Cl2N3O2/c1-27(34,22-6-2-19(17-33)3-7-22)18-31-12-13-32(25-11-10-24(29)14-21(25)15-30)26(16-31)20-4-8-23(28)9-5-20/h2-11,14,26,33-34H,12-13,16-18H2,1H3/t26-,27+/m0/s1. The van der Waals surface area contributed by atoms with Crippen molar-refractivity contribution in [3.05, 3.63) is 99.0 Å². The molecule has 3 aromatic carbocycles. The van der Waals surface area contributed by atoms with Gasteiger partial charge in [-0.3, -0.25) is 4.90 Å². The van der Waals surface area contributed by atoms with Gasteiger partial charge >= 0.3 is 0 Å². The fourth-order valence-electron chi connectivity index (χ4n) is 4.59. The lowest BCUT2D eigenvalue weighted by Gasteiger charge is -2.45. The van der Waals surface area contributed by atoms with Gasteiger partial charge in [0.25, 0.3) is 0 Å². The average molecular weight is 496 g/mol. The Hall–Kier alpha value is -2.59. The van der Waals surface area contributed by atoms with E-state index < -0.39 is 5.60 Å². The summed E-state index contributed by atoms with van der Waals surface area (Å²) < 4.78 is 0. The SMILES string of the molecule is C[C@@](O)(CN1CCN(c2ccc(Cl)cc2C#N)[C@H](c2ccc(Cl)cc2)C1)c1ccc(CO)cc1. The smallest absolute Gasteiger partial charge is 0.101 e. The van der Waals surface area contributed by atoms with E-state index in [9.17, 15) is 15.5 Å². The van der Waals surface area contributed by atoms with Crippen LogP contribution in [0.3, 0.4) is 0 Å². The van der Waals surface area contributed by atoms with Crippen molar-refractivity contribution < 1.29 is 10.2 Å². The van der Waals surface area contributed by atoms with Crippen LogP contribution >= 0.6 is 23.2 Å². The lowest BCUT2D eigenvalue weighted by Crippen LogP contribution is -2.52. The summed E-state index contributed by atoms with van der Waals surface area (Å²) in [5.74, 6) is 0. The highest BCUT2D eigenvalue weighted by molar-refractivity contribution is 6.31. The molecule has 0 bridgehead atoms. The van der Waals surface area contributed by atoms with Crippen molar-refractivity contribution in [1.29, 1.82) is 5.26 Å². The predicted octanol–water partition coefficient (Wildman–Crippen LogP) is 5.13. The monoisotopic (exact) mass is 495 g/mol. The summed E-state index contributed by atoms with van der Waals surface area (Å²) in [6, 6.07) is 22.8. The van der Waals surface area contributed by atoms with Gasteiger partial charge < -0.3 is 15.1 Å². The number of nitriles is 1. The number of anilines is 1. The second kappa shape index (κ2) is 10.4. The Balaban J connectivity index is 1.62. The molecule has 0 amide bonds. The molecule has 0 aliphatic carbocycles. The Labute approximate surface area is 210 Å². The molecular formula is C27H27Cl2N3O2. The van der Waals surface area contributed by atoms with Crippen LogP contribution in [-0.4, -0.2) is 41.3 Å². The number of nitrogens with zero attached hydrogens (tertiary/aromatic N) is 3. The van der Waals surface area contributed by atoms with Crippen molar-refractivity contribution in [1.82, 2.24) is 4.90 Å². The molecule has 4 rings (SSSR count). The van der Waals surface area contributed by atoms with Gasteiger partial charge in [-0.15, -0.1) is 0 Å². The van der Waals surface area contributed by atoms with Gasteiger partial charge in [-0.2, -0.15) is 5.26 Å². The number of halogens is 2. The summed E-state index contributed by atoms with van der Waals surface area (Å²) in [6.45, 7) is 4.32. The quantitative estimate of drug-likeness (QED) is 0.495. The second-order valence-corrected chi connectivity index (χ2v) is 9.77. The fraction of sp³-hybridized carbons (Fsp3) is 0.296. The minimum Gasteiger partial charge on any atom is -0.392 e. The molecule has 3 aromatic rings. The van der Waals surface area contributed by atoms with Crippen molar-refractivity contribution in [3.63, 3.8) is 0 Å². The van der Waals surface area contributed by atoms with E-state index in [-0.39, 0.29) is 12.6 Å². The van der Waals surface area contributed by atoms with E-state index in [1.54, 1.807) is 6.07 Å². The Bertz CT molecular complexity index is 1170. The summed E-state index contributed by atoms with van der Waals surface area (Å²) in [6.07, 6.45) is 0. The highest BCUT2D eigenvalue weighted by Gasteiger charge is 2.34. The number of aliphatic hydroxyl groups excluding tert-OH is 1. The Morgan fingerprint density at radius 1 is 1.00 bits per heavy atom. The van der Waals surface area contributed by atoms with Gasteiger partial charge in [0.2, 0.25) is 0 Å². The topological polar surface area (TPSA) is 70.7 Å². The van der Waals surface area contributed by atoms with Crippen LogP contribution in [0.4, 0.5) is 5.69 Å². The van der Waals surface area contributed by atoms with E-state index in [0.717, 1.165) is 28.9 Å². The van der Waals surface area contributed by atoms with E-state index in [1.165, 1.54) is 0 Å². The van der Waals surface area contributed by atoms with Gasteiger partial charge in [0.1, 0.15) is 6.07 Å². The number of β-amino-alcohol motifs (C(OH)–C–C–N with tert-alkyl or cyclic N) is 1. The minimum absolute atomic E-state index is 0.0253. The van der Waals surface area contributed by atoms with E-state index in [0.29, 0.717) is 35.2 Å². The summed E-state index contributed by atoms with van der Waals surface area (Å²) in [4.78, 5) is 4.48. The molecule has 0 saturated carbocycles. The molecule has 176 valence electrons. The molecule has 1 heterocycles. The van der Waals surface area contributed by atoms with E-state index in [1.807, 2.05) is 67.6 Å². The van der Waals surface area contributed by atoms with Crippen LogP contribution in [-0.2, 0) is 12.2 Å². The molecule has 7 heteroatoms. The number of aliphatic hydroxyl groups is 2. The minimum atomic E-state index is -1.06. The van der Waals surface area contributed by atoms with Gasteiger partial charge in [0.15, 0.2) is 0 Å². The lowest BCUT2D eigenvalue weighted by molar-refractivity contribution is 0.0103. The van der Waals surface area contributed by atoms with Crippen LogP contribution < -0.4 is 4.90 Å². The first kappa shape index (κ1) is 24.5. The average Bonchev–Trinajstić information content (AvgIpc) is 2.84. The Kier molecular flexibility index (Phi) is 7.47. The number of rotatable bonds is 6. The summed E-state index contributed by atoms with van der Waals surface area (Å²) >= 11 is 12.3. The number of benzene rings is 3. The van der Waals surface area contributed by atoms with Gasteiger partial charge in [-0.05, 0) is 53.9 Å². The third kappa shape index (κ3) is 5.38. The predicted molar refractivity (Wildman–Crippen MR) is 136 cm³/mol.